The molecule has 0 aliphatic rings. The molecular formula is C21H26ClNO3. The first-order valence-corrected chi connectivity index (χ1v) is 9.07. The van der Waals surface area contributed by atoms with Crippen molar-refractivity contribution in [2.75, 3.05) is 13.2 Å². The van der Waals surface area contributed by atoms with Crippen LogP contribution < -0.4 is 14.8 Å². The van der Waals surface area contributed by atoms with Crippen LogP contribution in [0.15, 0.2) is 30.3 Å². The summed E-state index contributed by atoms with van der Waals surface area (Å²) < 4.78 is 11.4. The van der Waals surface area contributed by atoms with E-state index >= 15 is 0 Å². The third-order valence-electron chi connectivity index (χ3n) is 4.08. The van der Waals surface area contributed by atoms with Crippen molar-refractivity contribution in [1.29, 1.82) is 0 Å². The second-order valence-electron chi connectivity index (χ2n) is 6.54. The van der Waals surface area contributed by atoms with E-state index in [1.54, 1.807) is 6.92 Å². The largest absolute Gasteiger partial charge is 0.491 e. The molecular weight excluding hydrogens is 350 g/mol. The Kier molecular flexibility index (Phi) is 6.92. The molecule has 26 heavy (non-hydrogen) atoms. The number of hydrogen-bond donors (Lipinski definition) is 1. The normalized spacial score (nSPS) is 11.8. The number of rotatable bonds is 7. The van der Waals surface area contributed by atoms with Crippen molar-refractivity contribution >= 4 is 17.5 Å². The molecule has 2 aromatic carbocycles. The van der Waals surface area contributed by atoms with E-state index < -0.39 is 6.10 Å². The van der Waals surface area contributed by atoms with Crippen molar-refractivity contribution in [2.24, 2.45) is 0 Å². The fourth-order valence-corrected chi connectivity index (χ4v) is 2.78. The lowest BCUT2D eigenvalue weighted by Gasteiger charge is -2.16. The lowest BCUT2D eigenvalue weighted by molar-refractivity contribution is -0.127. The van der Waals surface area contributed by atoms with Crippen molar-refractivity contribution in [2.45, 2.75) is 40.7 Å². The van der Waals surface area contributed by atoms with Gasteiger partial charge in [-0.1, -0.05) is 29.3 Å². The average molecular weight is 376 g/mol. The lowest BCUT2D eigenvalue weighted by Crippen LogP contribution is -2.38. The van der Waals surface area contributed by atoms with Crippen LogP contribution in [0.1, 0.15) is 29.2 Å². The third kappa shape index (κ3) is 5.40. The van der Waals surface area contributed by atoms with E-state index in [9.17, 15) is 4.79 Å². The third-order valence-corrected chi connectivity index (χ3v) is 4.68. The van der Waals surface area contributed by atoms with Crippen molar-refractivity contribution < 1.29 is 14.3 Å². The number of ether oxygens (including phenoxy) is 2. The van der Waals surface area contributed by atoms with Crippen molar-refractivity contribution in [3.05, 3.63) is 57.6 Å². The summed E-state index contributed by atoms with van der Waals surface area (Å²) >= 11 is 6.15. The van der Waals surface area contributed by atoms with Crippen molar-refractivity contribution in [1.82, 2.24) is 5.32 Å². The van der Waals surface area contributed by atoms with Crippen molar-refractivity contribution in [3.63, 3.8) is 0 Å². The zero-order valence-electron chi connectivity index (χ0n) is 16.0. The molecule has 0 aliphatic carbocycles. The molecule has 1 N–H and O–H groups in total. The highest BCUT2D eigenvalue weighted by atomic mass is 35.5. The molecule has 5 heteroatoms. The van der Waals surface area contributed by atoms with Gasteiger partial charge in [0.05, 0.1) is 6.54 Å². The Bertz CT molecular complexity index is 766. The zero-order chi connectivity index (χ0) is 19.3. The number of carbonyl (C=O) groups is 1. The Labute approximate surface area is 160 Å². The van der Waals surface area contributed by atoms with Crippen LogP contribution in [0.3, 0.4) is 0 Å². The molecule has 1 unspecified atom stereocenters. The first-order valence-electron chi connectivity index (χ1n) is 8.69. The highest BCUT2D eigenvalue weighted by molar-refractivity contribution is 6.32. The van der Waals surface area contributed by atoms with Gasteiger partial charge in [0, 0.05) is 5.02 Å². The number of benzene rings is 2. The standard InChI is InChI=1S/C21H26ClNO3/c1-13-6-7-19(14(2)10-13)25-9-8-23-21(24)17(5)26-18-11-15(3)20(22)16(4)12-18/h6-7,10-12,17H,8-9H2,1-5H3,(H,23,24). The number of nitrogens with one attached hydrogen (secondary N) is 1. The van der Waals surface area contributed by atoms with E-state index in [4.69, 9.17) is 21.1 Å². The topological polar surface area (TPSA) is 47.6 Å². The maximum absolute atomic E-state index is 12.2. The van der Waals surface area contributed by atoms with Gasteiger partial charge in [0.25, 0.3) is 5.91 Å². The Morgan fingerprint density at radius 3 is 2.35 bits per heavy atom. The van der Waals surface area contributed by atoms with Crippen LogP contribution in [0, 0.1) is 27.7 Å². The van der Waals surface area contributed by atoms with Crippen LogP contribution in [0.2, 0.25) is 5.02 Å². The van der Waals surface area contributed by atoms with E-state index in [0.717, 1.165) is 27.5 Å². The minimum absolute atomic E-state index is 0.181. The summed E-state index contributed by atoms with van der Waals surface area (Å²) in [4.78, 5) is 12.2. The number of halogens is 1. The number of carbonyl (C=O) groups excluding carboxylic acids is 1. The Morgan fingerprint density at radius 1 is 1.08 bits per heavy atom. The number of hydrogen-bond acceptors (Lipinski definition) is 3. The molecule has 0 heterocycles. The fraction of sp³-hybridized carbons (Fsp3) is 0.381. The highest BCUT2D eigenvalue weighted by Crippen LogP contribution is 2.26. The van der Waals surface area contributed by atoms with Crippen LogP contribution >= 0.6 is 11.6 Å². The molecule has 2 aromatic rings. The van der Waals surface area contributed by atoms with Crippen LogP contribution in [-0.4, -0.2) is 25.2 Å². The Hall–Kier alpha value is -2.20. The molecule has 0 aliphatic heterocycles. The molecule has 1 amide bonds. The number of aryl methyl sites for hydroxylation is 4. The van der Waals surface area contributed by atoms with Gasteiger partial charge in [-0.3, -0.25) is 4.79 Å². The maximum atomic E-state index is 12.2. The minimum Gasteiger partial charge on any atom is -0.491 e. The summed E-state index contributed by atoms with van der Waals surface area (Å²) in [5.41, 5.74) is 4.13. The molecule has 0 bridgehead atoms. The summed E-state index contributed by atoms with van der Waals surface area (Å²) in [6.07, 6.45) is -0.601. The average Bonchev–Trinajstić information content (AvgIpc) is 2.57. The van der Waals surface area contributed by atoms with E-state index in [-0.39, 0.29) is 5.91 Å². The van der Waals surface area contributed by atoms with E-state index in [0.29, 0.717) is 18.9 Å². The van der Waals surface area contributed by atoms with Crippen LogP contribution in [0.4, 0.5) is 0 Å². The van der Waals surface area contributed by atoms with E-state index in [1.165, 1.54) is 5.56 Å². The summed E-state index contributed by atoms with van der Waals surface area (Å²) in [6.45, 7) is 10.4. The van der Waals surface area contributed by atoms with Gasteiger partial charge in [0.2, 0.25) is 0 Å². The molecule has 0 aromatic heterocycles. The molecule has 4 nitrogen and oxygen atoms in total. The summed E-state index contributed by atoms with van der Waals surface area (Å²) in [5.74, 6) is 1.29. The Balaban J connectivity index is 1.80. The molecule has 0 saturated carbocycles. The molecule has 1 atom stereocenters. The van der Waals surface area contributed by atoms with Gasteiger partial charge < -0.3 is 14.8 Å². The smallest absolute Gasteiger partial charge is 0.260 e. The number of amides is 1. The highest BCUT2D eigenvalue weighted by Gasteiger charge is 2.15. The Morgan fingerprint density at radius 2 is 1.73 bits per heavy atom. The monoisotopic (exact) mass is 375 g/mol. The van der Waals surface area contributed by atoms with Gasteiger partial charge >= 0.3 is 0 Å². The lowest BCUT2D eigenvalue weighted by atomic mass is 10.1. The summed E-state index contributed by atoms with van der Waals surface area (Å²) in [5, 5.41) is 3.55. The molecule has 0 radical (unpaired) electrons. The molecule has 2 rings (SSSR count). The first-order chi connectivity index (χ1) is 12.3. The van der Waals surface area contributed by atoms with Gasteiger partial charge in [-0.25, -0.2) is 0 Å². The predicted octanol–water partition coefficient (Wildman–Crippen LogP) is 4.54. The molecule has 0 fully saturated rings. The van der Waals surface area contributed by atoms with Gasteiger partial charge in [0.1, 0.15) is 18.1 Å². The quantitative estimate of drug-likeness (QED) is 0.723. The maximum Gasteiger partial charge on any atom is 0.260 e. The fourth-order valence-electron chi connectivity index (χ4n) is 2.67. The van der Waals surface area contributed by atoms with Gasteiger partial charge in [-0.2, -0.15) is 0 Å². The minimum atomic E-state index is -0.601. The predicted molar refractivity (Wildman–Crippen MR) is 105 cm³/mol. The summed E-state index contributed by atoms with van der Waals surface area (Å²) in [7, 11) is 0. The van der Waals surface area contributed by atoms with Crippen molar-refractivity contribution in [3.8, 4) is 11.5 Å². The SMILES string of the molecule is Cc1ccc(OCCNC(=O)C(C)Oc2cc(C)c(Cl)c(C)c2)c(C)c1. The van der Waals surface area contributed by atoms with Crippen LogP contribution in [-0.2, 0) is 4.79 Å². The van der Waals surface area contributed by atoms with E-state index in [1.807, 2.05) is 52.0 Å². The molecule has 0 saturated heterocycles. The van der Waals surface area contributed by atoms with E-state index in [2.05, 4.69) is 11.4 Å². The second-order valence-corrected chi connectivity index (χ2v) is 6.92. The van der Waals surface area contributed by atoms with Crippen LogP contribution in [0.5, 0.6) is 11.5 Å². The van der Waals surface area contributed by atoms with Gasteiger partial charge in [0.15, 0.2) is 6.10 Å². The second kappa shape index (κ2) is 8.95. The summed E-state index contributed by atoms with van der Waals surface area (Å²) in [6, 6.07) is 9.70. The van der Waals surface area contributed by atoms with Gasteiger partial charge in [-0.05, 0) is 69.5 Å². The van der Waals surface area contributed by atoms with Crippen LogP contribution in [0.25, 0.3) is 0 Å². The molecule has 0 spiro atoms. The zero-order valence-corrected chi connectivity index (χ0v) is 16.7. The molecule has 140 valence electrons. The van der Waals surface area contributed by atoms with Gasteiger partial charge in [-0.15, -0.1) is 0 Å². The first kappa shape index (κ1) is 20.1.